The van der Waals surface area contributed by atoms with E-state index in [1.54, 1.807) is 0 Å². The van der Waals surface area contributed by atoms with Crippen LogP contribution in [0.1, 0.15) is 18.1 Å². The first-order chi connectivity index (χ1) is 9.56. The summed E-state index contributed by atoms with van der Waals surface area (Å²) in [6.07, 6.45) is 0. The van der Waals surface area contributed by atoms with E-state index >= 15 is 0 Å². The number of fused-ring (bicyclic) bond motifs is 1. The Balaban J connectivity index is 2.31. The van der Waals surface area contributed by atoms with Crippen molar-refractivity contribution in [3.8, 4) is 5.69 Å². The highest BCUT2D eigenvalue weighted by atomic mass is 127. The largest absolute Gasteiger partial charge is 0.295 e. The molecule has 102 valence electrons. The molecule has 2 aromatic carbocycles. The first kappa shape index (κ1) is 14.2. The summed E-state index contributed by atoms with van der Waals surface area (Å²) < 4.78 is 3.28. The van der Waals surface area contributed by atoms with Crippen molar-refractivity contribution in [2.24, 2.45) is 0 Å². The first-order valence-corrected chi connectivity index (χ1v) is 8.03. The summed E-state index contributed by atoms with van der Waals surface area (Å²) in [5, 5.41) is 0.499. The number of rotatable bonds is 2. The summed E-state index contributed by atoms with van der Waals surface area (Å²) in [7, 11) is 0. The Kier molecular flexibility index (Phi) is 3.93. The van der Waals surface area contributed by atoms with Crippen LogP contribution in [0.15, 0.2) is 42.5 Å². The molecule has 1 unspecified atom stereocenters. The molecule has 0 saturated carbocycles. The second kappa shape index (κ2) is 5.54. The Morgan fingerprint density at radius 3 is 2.50 bits per heavy atom. The number of halogens is 3. The van der Waals surface area contributed by atoms with Gasteiger partial charge in [-0.25, -0.2) is 4.98 Å². The van der Waals surface area contributed by atoms with Crippen LogP contribution < -0.4 is 0 Å². The van der Waals surface area contributed by atoms with Crippen molar-refractivity contribution in [2.45, 2.75) is 12.3 Å². The Bertz CT molecular complexity index is 763. The molecule has 0 aliphatic heterocycles. The van der Waals surface area contributed by atoms with Gasteiger partial charge in [0.15, 0.2) is 0 Å². The molecule has 2 nitrogen and oxygen atoms in total. The van der Waals surface area contributed by atoms with Crippen molar-refractivity contribution in [1.82, 2.24) is 9.55 Å². The maximum absolute atomic E-state index is 6.28. The van der Waals surface area contributed by atoms with Crippen LogP contribution in [0, 0.1) is 3.57 Å². The average molecular weight is 417 g/mol. The molecular formula is C15H11Cl2IN2. The molecule has 3 rings (SSSR count). The summed E-state index contributed by atoms with van der Waals surface area (Å²) in [6, 6.07) is 14.0. The third kappa shape index (κ3) is 2.54. The molecule has 0 aliphatic carbocycles. The Morgan fingerprint density at radius 1 is 1.15 bits per heavy atom. The summed E-state index contributed by atoms with van der Waals surface area (Å²) in [6.45, 7) is 1.92. The van der Waals surface area contributed by atoms with Crippen LogP contribution in [0.5, 0.6) is 0 Å². The molecule has 1 atom stereocenters. The Labute approximate surface area is 140 Å². The normalized spacial score (nSPS) is 12.8. The first-order valence-electron chi connectivity index (χ1n) is 6.14. The van der Waals surface area contributed by atoms with Crippen LogP contribution in [0.25, 0.3) is 16.7 Å². The van der Waals surface area contributed by atoms with Gasteiger partial charge in [0.05, 0.1) is 16.4 Å². The third-order valence-corrected chi connectivity index (χ3v) is 4.23. The molecule has 0 aliphatic rings. The van der Waals surface area contributed by atoms with E-state index in [0.29, 0.717) is 5.02 Å². The van der Waals surface area contributed by atoms with Crippen LogP contribution in [0.3, 0.4) is 0 Å². The highest BCUT2D eigenvalue weighted by Gasteiger charge is 2.16. The minimum atomic E-state index is -0.180. The zero-order valence-corrected chi connectivity index (χ0v) is 14.3. The standard InChI is InChI=1S/C15H11Cl2IN2/c1-9(16)15-19-13-8-10(17)2-7-14(13)20(15)12-5-3-11(18)4-6-12/h2-9H,1H3. The highest BCUT2D eigenvalue weighted by molar-refractivity contribution is 14.1. The molecule has 20 heavy (non-hydrogen) atoms. The molecule has 0 radical (unpaired) electrons. The number of hydrogen-bond acceptors (Lipinski definition) is 1. The van der Waals surface area contributed by atoms with Gasteiger partial charge in [0.25, 0.3) is 0 Å². The molecule has 0 amide bonds. The summed E-state index contributed by atoms with van der Waals surface area (Å²) >= 11 is 14.6. The minimum Gasteiger partial charge on any atom is -0.295 e. The van der Waals surface area contributed by atoms with Crippen molar-refractivity contribution in [1.29, 1.82) is 0 Å². The maximum atomic E-state index is 6.28. The van der Waals surface area contributed by atoms with Gasteiger partial charge in [0.2, 0.25) is 0 Å². The van der Waals surface area contributed by atoms with Gasteiger partial charge in [-0.2, -0.15) is 0 Å². The number of benzene rings is 2. The number of nitrogens with zero attached hydrogens (tertiary/aromatic N) is 2. The smallest absolute Gasteiger partial charge is 0.132 e. The van der Waals surface area contributed by atoms with Crippen LogP contribution in [-0.4, -0.2) is 9.55 Å². The van der Waals surface area contributed by atoms with E-state index < -0.39 is 0 Å². The third-order valence-electron chi connectivity index (χ3n) is 3.08. The SMILES string of the molecule is CC(Cl)c1nc2cc(Cl)ccc2n1-c1ccc(I)cc1. The fourth-order valence-electron chi connectivity index (χ4n) is 2.20. The zero-order chi connectivity index (χ0) is 14.3. The number of aromatic nitrogens is 2. The Morgan fingerprint density at radius 2 is 1.85 bits per heavy atom. The quantitative estimate of drug-likeness (QED) is 0.393. The molecule has 1 aromatic heterocycles. The van der Waals surface area contributed by atoms with Gasteiger partial charge in [-0.1, -0.05) is 11.6 Å². The van der Waals surface area contributed by atoms with Crippen LogP contribution in [-0.2, 0) is 0 Å². The van der Waals surface area contributed by atoms with Crippen LogP contribution in [0.4, 0.5) is 0 Å². The predicted molar refractivity (Wildman–Crippen MR) is 93.1 cm³/mol. The summed E-state index contributed by atoms with van der Waals surface area (Å²) in [5.74, 6) is 0.824. The van der Waals surface area contributed by atoms with Crippen LogP contribution in [0.2, 0.25) is 5.02 Å². The van der Waals surface area contributed by atoms with Crippen molar-refractivity contribution < 1.29 is 0 Å². The van der Waals surface area contributed by atoms with E-state index in [1.807, 2.05) is 25.1 Å². The van der Waals surface area contributed by atoms with E-state index in [1.165, 1.54) is 3.57 Å². The topological polar surface area (TPSA) is 17.8 Å². The van der Waals surface area contributed by atoms with Gasteiger partial charge < -0.3 is 0 Å². The minimum absolute atomic E-state index is 0.180. The molecule has 0 bridgehead atoms. The zero-order valence-electron chi connectivity index (χ0n) is 10.6. The molecule has 5 heteroatoms. The molecule has 0 saturated heterocycles. The van der Waals surface area contributed by atoms with E-state index in [4.69, 9.17) is 23.2 Å². The van der Waals surface area contributed by atoms with E-state index in [-0.39, 0.29) is 5.38 Å². The van der Waals surface area contributed by atoms with Crippen molar-refractivity contribution in [3.05, 3.63) is 56.9 Å². The van der Waals surface area contributed by atoms with Gasteiger partial charge in [-0.3, -0.25) is 4.57 Å². The monoisotopic (exact) mass is 416 g/mol. The number of hydrogen-bond donors (Lipinski definition) is 0. The number of alkyl halides is 1. The maximum Gasteiger partial charge on any atom is 0.132 e. The average Bonchev–Trinajstić information content (AvgIpc) is 2.78. The van der Waals surface area contributed by atoms with Gasteiger partial charge in [-0.15, -0.1) is 11.6 Å². The van der Waals surface area contributed by atoms with Crippen molar-refractivity contribution in [2.75, 3.05) is 0 Å². The van der Waals surface area contributed by atoms with E-state index in [2.05, 4.69) is 56.4 Å². The fraction of sp³-hybridized carbons (Fsp3) is 0.133. The molecule has 0 fully saturated rings. The predicted octanol–water partition coefficient (Wildman–Crippen LogP) is 5.58. The lowest BCUT2D eigenvalue weighted by Crippen LogP contribution is -2.01. The van der Waals surface area contributed by atoms with Crippen molar-refractivity contribution >= 4 is 56.8 Å². The summed E-state index contributed by atoms with van der Waals surface area (Å²) in [4.78, 5) is 4.62. The summed E-state index contributed by atoms with van der Waals surface area (Å²) in [5.41, 5.74) is 2.93. The molecule has 1 heterocycles. The second-order valence-corrected chi connectivity index (χ2v) is 6.87. The number of imidazole rings is 1. The lowest BCUT2D eigenvalue weighted by atomic mass is 10.2. The van der Waals surface area contributed by atoms with Crippen molar-refractivity contribution in [3.63, 3.8) is 0 Å². The highest BCUT2D eigenvalue weighted by Crippen LogP contribution is 2.29. The van der Waals surface area contributed by atoms with Gasteiger partial charge >= 0.3 is 0 Å². The second-order valence-electron chi connectivity index (χ2n) is 4.53. The fourth-order valence-corrected chi connectivity index (χ4v) is 2.87. The molecule has 0 N–H and O–H groups in total. The Hall–Kier alpha value is -0.780. The van der Waals surface area contributed by atoms with Crippen LogP contribution >= 0.6 is 45.8 Å². The van der Waals surface area contributed by atoms with E-state index in [0.717, 1.165) is 22.5 Å². The molecule has 0 spiro atoms. The molecular weight excluding hydrogens is 406 g/mol. The molecule has 3 aromatic rings. The lowest BCUT2D eigenvalue weighted by Gasteiger charge is -2.10. The lowest BCUT2D eigenvalue weighted by molar-refractivity contribution is 0.882. The van der Waals surface area contributed by atoms with E-state index in [9.17, 15) is 0 Å². The van der Waals surface area contributed by atoms with Gasteiger partial charge in [0.1, 0.15) is 5.82 Å². The van der Waals surface area contributed by atoms with Gasteiger partial charge in [0, 0.05) is 14.3 Å². The van der Waals surface area contributed by atoms with Gasteiger partial charge in [-0.05, 0) is 72.0 Å².